The molecule has 0 radical (unpaired) electrons. The van der Waals surface area contributed by atoms with Crippen LogP contribution in [0.3, 0.4) is 0 Å². The van der Waals surface area contributed by atoms with Gasteiger partial charge in [-0.25, -0.2) is 9.78 Å². The average Bonchev–Trinajstić information content (AvgIpc) is 2.70. The zero-order valence-electron chi connectivity index (χ0n) is 15.7. The Balaban J connectivity index is 1.77. The van der Waals surface area contributed by atoms with Crippen LogP contribution in [0.15, 0.2) is 54.7 Å². The molecule has 3 aromatic rings. The van der Waals surface area contributed by atoms with Crippen molar-refractivity contribution in [3.8, 4) is 0 Å². The number of nitrogens with zero attached hydrogens (tertiary/aromatic N) is 3. The Bertz CT molecular complexity index is 977. The Hall–Kier alpha value is -3.32. The molecule has 0 saturated heterocycles. The van der Waals surface area contributed by atoms with Crippen molar-refractivity contribution in [1.82, 2.24) is 9.97 Å². The molecule has 8 heteroatoms. The third-order valence-corrected chi connectivity index (χ3v) is 4.28. The van der Waals surface area contributed by atoms with Crippen LogP contribution in [0.5, 0.6) is 0 Å². The number of esters is 1. The van der Waals surface area contributed by atoms with Gasteiger partial charge in [-0.1, -0.05) is 11.6 Å². The summed E-state index contributed by atoms with van der Waals surface area (Å²) in [6, 6.07) is 14.5. The molecule has 1 aromatic heterocycles. The predicted octanol–water partition coefficient (Wildman–Crippen LogP) is 4.47. The molecule has 0 bridgehead atoms. The van der Waals surface area contributed by atoms with E-state index in [9.17, 15) is 4.79 Å². The van der Waals surface area contributed by atoms with Gasteiger partial charge in [0, 0.05) is 31.7 Å². The van der Waals surface area contributed by atoms with Crippen LogP contribution in [0.25, 0.3) is 0 Å². The molecule has 0 fully saturated rings. The highest BCUT2D eigenvalue weighted by molar-refractivity contribution is 6.33. The van der Waals surface area contributed by atoms with E-state index in [1.165, 1.54) is 7.11 Å². The van der Waals surface area contributed by atoms with Crippen LogP contribution in [-0.2, 0) is 4.74 Å². The summed E-state index contributed by atoms with van der Waals surface area (Å²) in [5.41, 5.74) is 2.90. The summed E-state index contributed by atoms with van der Waals surface area (Å²) in [5.74, 6) is 0.520. The number of ether oxygens (including phenoxy) is 1. The molecule has 0 aliphatic rings. The van der Waals surface area contributed by atoms with Crippen LogP contribution in [-0.4, -0.2) is 37.1 Å². The van der Waals surface area contributed by atoms with Gasteiger partial charge in [-0.15, -0.1) is 0 Å². The zero-order valence-corrected chi connectivity index (χ0v) is 16.5. The summed E-state index contributed by atoms with van der Waals surface area (Å²) >= 11 is 6.21. The van der Waals surface area contributed by atoms with E-state index in [0.717, 1.165) is 11.4 Å². The monoisotopic (exact) mass is 397 g/mol. The standard InChI is InChI=1S/C20H20ClN5O2/c1-26(2)15-7-5-14(6-8-15)23-18-10-11-22-20(25-18)24-17-12-13(19(27)28-3)4-9-16(17)21/h4-12H,1-3H3,(H2,22,23,24,25). The smallest absolute Gasteiger partial charge is 0.337 e. The first-order valence-corrected chi connectivity index (χ1v) is 8.86. The summed E-state index contributed by atoms with van der Waals surface area (Å²) in [6.07, 6.45) is 1.63. The van der Waals surface area contributed by atoms with E-state index in [1.54, 1.807) is 30.5 Å². The maximum atomic E-state index is 11.7. The molecular formula is C20H20ClN5O2. The zero-order chi connectivity index (χ0) is 20.1. The number of halogens is 1. The molecule has 7 nitrogen and oxygen atoms in total. The number of aromatic nitrogens is 2. The van der Waals surface area contributed by atoms with Crippen LogP contribution in [0.1, 0.15) is 10.4 Å². The molecule has 3 rings (SSSR count). The van der Waals surface area contributed by atoms with E-state index < -0.39 is 5.97 Å². The van der Waals surface area contributed by atoms with Gasteiger partial charge in [-0.3, -0.25) is 0 Å². The third-order valence-electron chi connectivity index (χ3n) is 3.95. The van der Waals surface area contributed by atoms with E-state index in [-0.39, 0.29) is 0 Å². The number of hydrogen-bond donors (Lipinski definition) is 2. The summed E-state index contributed by atoms with van der Waals surface area (Å²) in [5, 5.41) is 6.70. The minimum atomic E-state index is -0.447. The van der Waals surface area contributed by atoms with Gasteiger partial charge in [0.25, 0.3) is 0 Å². The maximum absolute atomic E-state index is 11.7. The van der Waals surface area contributed by atoms with Crippen LogP contribution >= 0.6 is 11.6 Å². The van der Waals surface area contributed by atoms with Crippen LogP contribution in [0.2, 0.25) is 5.02 Å². The molecule has 0 spiro atoms. The molecule has 0 saturated carbocycles. The molecule has 0 atom stereocenters. The van der Waals surface area contributed by atoms with Crippen LogP contribution in [0, 0.1) is 0 Å². The SMILES string of the molecule is COC(=O)c1ccc(Cl)c(Nc2nccc(Nc3ccc(N(C)C)cc3)n2)c1. The molecule has 0 aliphatic heterocycles. The second-order valence-electron chi connectivity index (χ2n) is 6.14. The largest absolute Gasteiger partial charge is 0.465 e. The molecule has 0 amide bonds. The summed E-state index contributed by atoms with van der Waals surface area (Å²) in [4.78, 5) is 22.4. The lowest BCUT2D eigenvalue weighted by Gasteiger charge is -2.13. The molecule has 1 heterocycles. The highest BCUT2D eigenvalue weighted by atomic mass is 35.5. The third kappa shape index (κ3) is 4.69. The van der Waals surface area contributed by atoms with Gasteiger partial charge in [-0.05, 0) is 48.5 Å². The Kier molecular flexibility index (Phi) is 5.96. The second kappa shape index (κ2) is 8.58. The summed E-state index contributed by atoms with van der Waals surface area (Å²) < 4.78 is 4.74. The number of hydrogen-bond acceptors (Lipinski definition) is 7. The quantitative estimate of drug-likeness (QED) is 0.594. The minimum absolute atomic E-state index is 0.346. The lowest BCUT2D eigenvalue weighted by atomic mass is 10.2. The van der Waals surface area contributed by atoms with Gasteiger partial charge in [0.05, 0.1) is 23.4 Å². The lowest BCUT2D eigenvalue weighted by Crippen LogP contribution is -2.08. The number of anilines is 5. The van der Waals surface area contributed by atoms with Crippen molar-refractivity contribution in [3.05, 3.63) is 65.3 Å². The van der Waals surface area contributed by atoms with Crippen molar-refractivity contribution >= 4 is 46.4 Å². The number of carbonyl (C=O) groups excluding carboxylic acids is 1. The first-order valence-electron chi connectivity index (χ1n) is 8.48. The summed E-state index contributed by atoms with van der Waals surface area (Å²) in [6.45, 7) is 0. The Morgan fingerprint density at radius 3 is 2.50 bits per heavy atom. The van der Waals surface area contributed by atoms with Gasteiger partial charge < -0.3 is 20.3 Å². The van der Waals surface area contributed by atoms with Gasteiger partial charge in [0.2, 0.25) is 5.95 Å². The van der Waals surface area contributed by atoms with E-state index in [4.69, 9.17) is 16.3 Å². The topological polar surface area (TPSA) is 79.4 Å². The van der Waals surface area contributed by atoms with Crippen molar-refractivity contribution in [2.75, 3.05) is 36.7 Å². The fraction of sp³-hybridized carbons (Fsp3) is 0.150. The number of methoxy groups -OCH3 is 1. The molecule has 2 aromatic carbocycles. The Morgan fingerprint density at radius 1 is 1.07 bits per heavy atom. The first-order chi connectivity index (χ1) is 13.5. The average molecular weight is 398 g/mol. The van der Waals surface area contributed by atoms with Gasteiger partial charge in [-0.2, -0.15) is 4.98 Å². The van der Waals surface area contributed by atoms with Gasteiger partial charge in [0.15, 0.2) is 0 Å². The second-order valence-corrected chi connectivity index (χ2v) is 6.55. The van der Waals surface area contributed by atoms with E-state index in [2.05, 4.69) is 20.6 Å². The minimum Gasteiger partial charge on any atom is -0.465 e. The summed E-state index contributed by atoms with van der Waals surface area (Å²) in [7, 11) is 5.31. The van der Waals surface area contributed by atoms with Crippen molar-refractivity contribution in [3.63, 3.8) is 0 Å². The first kappa shape index (κ1) is 19.4. The molecule has 2 N–H and O–H groups in total. The Morgan fingerprint density at radius 2 is 1.82 bits per heavy atom. The molecule has 28 heavy (non-hydrogen) atoms. The van der Waals surface area contributed by atoms with Crippen molar-refractivity contribution in [2.24, 2.45) is 0 Å². The Labute approximate surface area is 168 Å². The van der Waals surface area contributed by atoms with Crippen molar-refractivity contribution in [1.29, 1.82) is 0 Å². The number of carbonyl (C=O) groups is 1. The molecule has 144 valence electrons. The molecule has 0 unspecified atom stereocenters. The fourth-order valence-electron chi connectivity index (χ4n) is 2.47. The van der Waals surface area contributed by atoms with E-state index in [1.807, 2.05) is 43.3 Å². The van der Waals surface area contributed by atoms with Crippen LogP contribution in [0.4, 0.5) is 28.8 Å². The number of nitrogens with one attached hydrogen (secondary N) is 2. The fourth-order valence-corrected chi connectivity index (χ4v) is 2.63. The van der Waals surface area contributed by atoms with E-state index in [0.29, 0.717) is 28.0 Å². The predicted molar refractivity (Wildman–Crippen MR) is 112 cm³/mol. The van der Waals surface area contributed by atoms with Crippen molar-refractivity contribution < 1.29 is 9.53 Å². The highest BCUT2D eigenvalue weighted by Crippen LogP contribution is 2.26. The normalized spacial score (nSPS) is 10.3. The number of rotatable bonds is 6. The van der Waals surface area contributed by atoms with Crippen molar-refractivity contribution in [2.45, 2.75) is 0 Å². The van der Waals surface area contributed by atoms with Gasteiger partial charge >= 0.3 is 5.97 Å². The highest BCUT2D eigenvalue weighted by Gasteiger charge is 2.10. The lowest BCUT2D eigenvalue weighted by molar-refractivity contribution is 0.0601. The maximum Gasteiger partial charge on any atom is 0.337 e. The van der Waals surface area contributed by atoms with Gasteiger partial charge in [0.1, 0.15) is 5.82 Å². The molecule has 0 aliphatic carbocycles. The van der Waals surface area contributed by atoms with E-state index >= 15 is 0 Å². The molecular weight excluding hydrogens is 378 g/mol. The number of benzene rings is 2. The van der Waals surface area contributed by atoms with Crippen LogP contribution < -0.4 is 15.5 Å².